The van der Waals surface area contributed by atoms with E-state index in [9.17, 15) is 0 Å². The highest BCUT2D eigenvalue weighted by molar-refractivity contribution is 5.93. The molecule has 0 amide bonds. The lowest BCUT2D eigenvalue weighted by Gasteiger charge is -2.14. The summed E-state index contributed by atoms with van der Waals surface area (Å²) in [5.41, 5.74) is 2.26. The maximum absolute atomic E-state index is 4.56. The van der Waals surface area contributed by atoms with Gasteiger partial charge in [-0.3, -0.25) is 4.99 Å². The molecule has 0 radical (unpaired) electrons. The fourth-order valence-electron chi connectivity index (χ4n) is 1.37. The second kappa shape index (κ2) is 5.18. The number of allylic oxidation sites excluding steroid dienone is 2. The predicted octanol–water partition coefficient (Wildman–Crippen LogP) is 3.15. The van der Waals surface area contributed by atoms with Crippen molar-refractivity contribution in [1.29, 1.82) is 0 Å². The SMILES string of the molecule is C/C(=C/C(C)=N/C(C)(C)C)NC(C)C. The molecule has 2 nitrogen and oxygen atoms in total. The summed E-state index contributed by atoms with van der Waals surface area (Å²) in [6, 6.07) is 0.480. The van der Waals surface area contributed by atoms with E-state index >= 15 is 0 Å². The molecular weight excluding hydrogens is 172 g/mol. The third-order valence-electron chi connectivity index (χ3n) is 1.45. The number of nitrogens with zero attached hydrogens (tertiary/aromatic N) is 1. The van der Waals surface area contributed by atoms with Crippen LogP contribution in [0.1, 0.15) is 48.5 Å². The van der Waals surface area contributed by atoms with Crippen molar-refractivity contribution in [3.63, 3.8) is 0 Å². The van der Waals surface area contributed by atoms with E-state index in [4.69, 9.17) is 0 Å². The number of nitrogens with one attached hydrogen (secondary N) is 1. The molecule has 1 N–H and O–H groups in total. The van der Waals surface area contributed by atoms with E-state index in [2.05, 4.69) is 57.9 Å². The van der Waals surface area contributed by atoms with Crippen molar-refractivity contribution in [1.82, 2.24) is 5.32 Å². The van der Waals surface area contributed by atoms with Crippen LogP contribution in [0.3, 0.4) is 0 Å². The van der Waals surface area contributed by atoms with Gasteiger partial charge in [0.05, 0.1) is 5.54 Å². The van der Waals surface area contributed by atoms with Gasteiger partial charge in [-0.1, -0.05) is 0 Å². The van der Waals surface area contributed by atoms with Gasteiger partial charge in [0.1, 0.15) is 0 Å². The van der Waals surface area contributed by atoms with E-state index in [1.165, 1.54) is 5.70 Å². The Hall–Kier alpha value is -0.790. The summed E-state index contributed by atoms with van der Waals surface area (Å²) < 4.78 is 0. The average molecular weight is 196 g/mol. The summed E-state index contributed by atoms with van der Waals surface area (Å²) in [6.45, 7) is 14.7. The minimum Gasteiger partial charge on any atom is -0.386 e. The molecule has 0 atom stereocenters. The van der Waals surface area contributed by atoms with E-state index in [1.807, 2.05) is 6.92 Å². The van der Waals surface area contributed by atoms with Crippen molar-refractivity contribution >= 4 is 5.71 Å². The second-order valence-corrected chi connectivity index (χ2v) is 5.05. The smallest absolute Gasteiger partial charge is 0.0527 e. The number of hydrogen-bond donors (Lipinski definition) is 1. The van der Waals surface area contributed by atoms with Gasteiger partial charge in [-0.2, -0.15) is 0 Å². The van der Waals surface area contributed by atoms with Crippen LogP contribution in [-0.2, 0) is 0 Å². The minimum absolute atomic E-state index is 0.0126. The van der Waals surface area contributed by atoms with Crippen LogP contribution in [0.5, 0.6) is 0 Å². The van der Waals surface area contributed by atoms with Gasteiger partial charge in [0.2, 0.25) is 0 Å². The Balaban J connectivity index is 4.42. The van der Waals surface area contributed by atoms with Gasteiger partial charge in [-0.25, -0.2) is 0 Å². The van der Waals surface area contributed by atoms with Crippen LogP contribution in [-0.4, -0.2) is 17.3 Å². The van der Waals surface area contributed by atoms with Crippen molar-refractivity contribution in [2.75, 3.05) is 0 Å². The Bertz CT molecular complexity index is 229. The Morgan fingerprint density at radius 2 is 1.71 bits per heavy atom. The van der Waals surface area contributed by atoms with Crippen molar-refractivity contribution in [3.05, 3.63) is 11.8 Å². The number of aliphatic imine (C=N–C) groups is 1. The monoisotopic (exact) mass is 196 g/mol. The van der Waals surface area contributed by atoms with E-state index in [-0.39, 0.29) is 5.54 Å². The maximum atomic E-state index is 4.56. The van der Waals surface area contributed by atoms with Crippen LogP contribution >= 0.6 is 0 Å². The van der Waals surface area contributed by atoms with Crippen LogP contribution in [0.4, 0.5) is 0 Å². The first-order valence-electron chi connectivity index (χ1n) is 5.22. The molecule has 0 heterocycles. The molecular formula is C12H24N2. The third-order valence-corrected chi connectivity index (χ3v) is 1.45. The lowest BCUT2D eigenvalue weighted by molar-refractivity contribution is 0.584. The zero-order chi connectivity index (χ0) is 11.4. The first-order chi connectivity index (χ1) is 6.20. The molecule has 2 heteroatoms. The normalized spacial score (nSPS) is 14.9. The molecule has 0 rings (SSSR count). The zero-order valence-corrected chi connectivity index (χ0v) is 10.6. The van der Waals surface area contributed by atoms with Crippen LogP contribution < -0.4 is 5.32 Å². The third kappa shape index (κ3) is 7.84. The summed E-state index contributed by atoms with van der Waals surface area (Å²) in [5.74, 6) is 0. The topological polar surface area (TPSA) is 24.4 Å². The molecule has 0 aromatic rings. The molecule has 0 aromatic carbocycles. The standard InChI is InChI=1S/C12H24N2/c1-9(2)13-10(3)8-11(4)14-12(5,6)7/h8-9,13H,1-7H3/b10-8-,14-11+. The molecule has 0 bridgehead atoms. The molecule has 0 aliphatic heterocycles. The lowest BCUT2D eigenvalue weighted by atomic mass is 10.1. The highest BCUT2D eigenvalue weighted by atomic mass is 14.9. The molecule has 0 unspecified atom stereocenters. The second-order valence-electron chi connectivity index (χ2n) is 5.05. The summed E-state index contributed by atoms with van der Waals surface area (Å²) >= 11 is 0. The fourth-order valence-corrected chi connectivity index (χ4v) is 1.37. The number of hydrogen-bond acceptors (Lipinski definition) is 2. The van der Waals surface area contributed by atoms with Crippen molar-refractivity contribution < 1.29 is 0 Å². The predicted molar refractivity (Wildman–Crippen MR) is 64.9 cm³/mol. The van der Waals surface area contributed by atoms with Crippen LogP contribution in [0.15, 0.2) is 16.8 Å². The summed E-state index contributed by atoms with van der Waals surface area (Å²) in [4.78, 5) is 4.56. The molecule has 0 aliphatic carbocycles. The quantitative estimate of drug-likeness (QED) is 0.689. The average Bonchev–Trinajstić information content (AvgIpc) is 1.77. The summed E-state index contributed by atoms with van der Waals surface area (Å²) in [7, 11) is 0. The highest BCUT2D eigenvalue weighted by Gasteiger charge is 2.06. The molecule has 0 aromatic heterocycles. The Kier molecular flexibility index (Phi) is 4.89. The molecule has 0 saturated heterocycles. The summed E-state index contributed by atoms with van der Waals surface area (Å²) in [6.07, 6.45) is 2.09. The van der Waals surface area contributed by atoms with Gasteiger partial charge < -0.3 is 5.32 Å². The maximum Gasteiger partial charge on any atom is 0.0527 e. The van der Waals surface area contributed by atoms with E-state index in [1.54, 1.807) is 0 Å². The van der Waals surface area contributed by atoms with Gasteiger partial charge in [0.15, 0.2) is 0 Å². The Labute approximate surface area is 88.5 Å². The molecule has 0 saturated carbocycles. The fraction of sp³-hybridized carbons (Fsp3) is 0.750. The molecule has 0 aliphatic rings. The van der Waals surface area contributed by atoms with Gasteiger partial charge in [0, 0.05) is 17.5 Å². The Morgan fingerprint density at radius 1 is 1.21 bits per heavy atom. The highest BCUT2D eigenvalue weighted by Crippen LogP contribution is 2.07. The largest absolute Gasteiger partial charge is 0.386 e. The van der Waals surface area contributed by atoms with Crippen LogP contribution in [0, 0.1) is 0 Å². The first kappa shape index (κ1) is 13.2. The first-order valence-corrected chi connectivity index (χ1v) is 5.22. The van der Waals surface area contributed by atoms with Crippen LogP contribution in [0.25, 0.3) is 0 Å². The van der Waals surface area contributed by atoms with Gasteiger partial charge >= 0.3 is 0 Å². The van der Waals surface area contributed by atoms with Gasteiger partial charge in [-0.05, 0) is 54.5 Å². The van der Waals surface area contributed by atoms with Gasteiger partial charge in [-0.15, -0.1) is 0 Å². The van der Waals surface area contributed by atoms with Crippen molar-refractivity contribution in [2.24, 2.45) is 4.99 Å². The number of rotatable bonds is 3. The van der Waals surface area contributed by atoms with Gasteiger partial charge in [0.25, 0.3) is 0 Å². The van der Waals surface area contributed by atoms with Crippen molar-refractivity contribution in [3.8, 4) is 0 Å². The lowest BCUT2D eigenvalue weighted by Crippen LogP contribution is -2.21. The summed E-state index contributed by atoms with van der Waals surface area (Å²) in [5, 5.41) is 3.34. The van der Waals surface area contributed by atoms with Crippen molar-refractivity contribution in [2.45, 2.75) is 60.0 Å². The van der Waals surface area contributed by atoms with E-state index in [0.717, 1.165) is 5.71 Å². The molecule has 14 heavy (non-hydrogen) atoms. The van der Waals surface area contributed by atoms with E-state index < -0.39 is 0 Å². The van der Waals surface area contributed by atoms with Crippen LogP contribution in [0.2, 0.25) is 0 Å². The minimum atomic E-state index is 0.0126. The Morgan fingerprint density at radius 3 is 2.07 bits per heavy atom. The molecule has 0 fully saturated rings. The molecule has 0 spiro atoms. The zero-order valence-electron chi connectivity index (χ0n) is 10.6. The van der Waals surface area contributed by atoms with E-state index in [0.29, 0.717) is 6.04 Å². The molecule has 82 valence electrons.